The quantitative estimate of drug-likeness (QED) is 0.865. The molecule has 1 unspecified atom stereocenters. The smallest absolute Gasteiger partial charge is 0.355 e. The molecule has 7 heteroatoms. The molecule has 19 heavy (non-hydrogen) atoms. The topological polar surface area (TPSA) is 82.5 Å². The summed E-state index contributed by atoms with van der Waals surface area (Å²) < 4.78 is 0. The van der Waals surface area contributed by atoms with Crippen molar-refractivity contribution < 1.29 is 14.7 Å². The van der Waals surface area contributed by atoms with Crippen LogP contribution in [0, 0.1) is 5.92 Å². The summed E-state index contributed by atoms with van der Waals surface area (Å²) in [6.07, 6.45) is 2.39. The number of carboxylic acid groups (broad SMARTS) is 1. The summed E-state index contributed by atoms with van der Waals surface area (Å²) in [5, 5.41) is 13.7. The molecule has 0 aromatic carbocycles. The second kappa shape index (κ2) is 5.56. The fourth-order valence-electron chi connectivity index (χ4n) is 1.71. The first-order valence-corrected chi connectivity index (χ1v) is 7.05. The standard InChI is InChI=1S/C12H17N3O3S/c1-7(10-14-9(6-19-10)11(16)17)13-12(18)15(2)5-8-3-4-8/h6-8H,3-5H2,1-2H3,(H,13,18)(H,16,17). The van der Waals surface area contributed by atoms with Crippen LogP contribution >= 0.6 is 11.3 Å². The van der Waals surface area contributed by atoms with Gasteiger partial charge in [0.2, 0.25) is 0 Å². The molecular weight excluding hydrogens is 266 g/mol. The van der Waals surface area contributed by atoms with Gasteiger partial charge in [-0.15, -0.1) is 11.3 Å². The molecule has 1 aliphatic rings. The maximum atomic E-state index is 11.9. The number of aromatic carboxylic acids is 1. The van der Waals surface area contributed by atoms with E-state index in [-0.39, 0.29) is 17.8 Å². The number of hydrogen-bond donors (Lipinski definition) is 2. The molecule has 0 bridgehead atoms. The molecule has 1 aliphatic carbocycles. The van der Waals surface area contributed by atoms with Crippen LogP contribution in [0.1, 0.15) is 41.3 Å². The number of rotatable bonds is 5. The third kappa shape index (κ3) is 3.66. The molecule has 1 fully saturated rings. The zero-order valence-electron chi connectivity index (χ0n) is 10.9. The van der Waals surface area contributed by atoms with Gasteiger partial charge in [0, 0.05) is 19.0 Å². The minimum atomic E-state index is -1.05. The van der Waals surface area contributed by atoms with Crippen molar-refractivity contribution in [2.24, 2.45) is 5.92 Å². The van der Waals surface area contributed by atoms with E-state index in [0.717, 1.165) is 6.54 Å². The molecule has 0 radical (unpaired) electrons. The number of nitrogens with zero attached hydrogens (tertiary/aromatic N) is 2. The van der Waals surface area contributed by atoms with Crippen LogP contribution in [0.15, 0.2) is 5.38 Å². The van der Waals surface area contributed by atoms with Gasteiger partial charge in [0.25, 0.3) is 0 Å². The summed E-state index contributed by atoms with van der Waals surface area (Å²) in [5.74, 6) is -0.406. The number of urea groups is 1. The van der Waals surface area contributed by atoms with Crippen molar-refractivity contribution in [1.82, 2.24) is 15.2 Å². The fraction of sp³-hybridized carbons (Fsp3) is 0.583. The van der Waals surface area contributed by atoms with Crippen molar-refractivity contribution in [3.05, 3.63) is 16.1 Å². The number of nitrogens with one attached hydrogen (secondary N) is 1. The van der Waals surface area contributed by atoms with Crippen LogP contribution < -0.4 is 5.32 Å². The fourth-order valence-corrected chi connectivity index (χ4v) is 2.51. The van der Waals surface area contributed by atoms with Crippen molar-refractivity contribution in [3.63, 3.8) is 0 Å². The monoisotopic (exact) mass is 283 g/mol. The Morgan fingerprint density at radius 1 is 1.63 bits per heavy atom. The van der Waals surface area contributed by atoms with Crippen molar-refractivity contribution in [2.45, 2.75) is 25.8 Å². The Morgan fingerprint density at radius 2 is 2.32 bits per heavy atom. The second-order valence-corrected chi connectivity index (χ2v) is 5.76. The van der Waals surface area contributed by atoms with Crippen LogP contribution in [0.5, 0.6) is 0 Å². The predicted molar refractivity (Wildman–Crippen MR) is 71.4 cm³/mol. The Balaban J connectivity index is 1.89. The minimum absolute atomic E-state index is 0.0208. The van der Waals surface area contributed by atoms with E-state index in [9.17, 15) is 9.59 Å². The largest absolute Gasteiger partial charge is 0.476 e. The molecule has 1 heterocycles. The molecule has 1 atom stereocenters. The molecule has 2 N–H and O–H groups in total. The molecule has 1 aromatic rings. The molecule has 1 aromatic heterocycles. The summed E-state index contributed by atoms with van der Waals surface area (Å²) in [6.45, 7) is 2.57. The maximum Gasteiger partial charge on any atom is 0.355 e. The highest BCUT2D eigenvalue weighted by Gasteiger charge is 2.25. The highest BCUT2D eigenvalue weighted by Crippen LogP contribution is 2.29. The average molecular weight is 283 g/mol. The van der Waals surface area contributed by atoms with Gasteiger partial charge in [-0.05, 0) is 25.7 Å². The summed E-state index contributed by atoms with van der Waals surface area (Å²) in [4.78, 5) is 28.3. The van der Waals surface area contributed by atoms with Gasteiger partial charge < -0.3 is 15.3 Å². The summed E-state index contributed by atoms with van der Waals surface area (Å²) in [5.41, 5.74) is 0.0208. The van der Waals surface area contributed by atoms with Gasteiger partial charge in [0.1, 0.15) is 5.01 Å². The SMILES string of the molecule is CC(NC(=O)N(C)CC1CC1)c1nc(C(=O)O)cs1. The summed E-state index contributed by atoms with van der Waals surface area (Å²) >= 11 is 1.24. The number of thiazole rings is 1. The van der Waals surface area contributed by atoms with Crippen LogP contribution in [0.25, 0.3) is 0 Å². The van der Waals surface area contributed by atoms with Crippen LogP contribution in [0.2, 0.25) is 0 Å². The lowest BCUT2D eigenvalue weighted by atomic mass is 10.3. The van der Waals surface area contributed by atoms with E-state index in [2.05, 4.69) is 10.3 Å². The number of carbonyl (C=O) groups is 2. The third-order valence-corrected chi connectivity index (χ3v) is 4.05. The number of hydrogen-bond acceptors (Lipinski definition) is 4. The van der Waals surface area contributed by atoms with Crippen molar-refractivity contribution in [1.29, 1.82) is 0 Å². The maximum absolute atomic E-state index is 11.9. The molecule has 1 saturated carbocycles. The molecule has 0 spiro atoms. The number of carbonyl (C=O) groups excluding carboxylic acids is 1. The van der Waals surface area contributed by atoms with E-state index in [1.807, 2.05) is 0 Å². The van der Waals surface area contributed by atoms with Gasteiger partial charge in [-0.25, -0.2) is 14.6 Å². The number of amides is 2. The van der Waals surface area contributed by atoms with Gasteiger partial charge in [-0.1, -0.05) is 0 Å². The molecule has 0 aliphatic heterocycles. The summed E-state index contributed by atoms with van der Waals surface area (Å²) in [7, 11) is 1.77. The molecular formula is C12H17N3O3S. The number of aromatic nitrogens is 1. The van der Waals surface area contributed by atoms with E-state index in [4.69, 9.17) is 5.11 Å². The van der Waals surface area contributed by atoms with Crippen molar-refractivity contribution in [2.75, 3.05) is 13.6 Å². The third-order valence-electron chi connectivity index (χ3n) is 3.03. The van der Waals surface area contributed by atoms with E-state index in [0.29, 0.717) is 10.9 Å². The van der Waals surface area contributed by atoms with Crippen LogP contribution in [0.3, 0.4) is 0 Å². The van der Waals surface area contributed by atoms with Gasteiger partial charge in [-0.3, -0.25) is 0 Å². The summed E-state index contributed by atoms with van der Waals surface area (Å²) in [6, 6.07) is -0.432. The lowest BCUT2D eigenvalue weighted by molar-refractivity contribution is 0.0691. The predicted octanol–water partition coefficient (Wildman–Crippen LogP) is 1.95. The van der Waals surface area contributed by atoms with Crippen molar-refractivity contribution >= 4 is 23.3 Å². The highest BCUT2D eigenvalue weighted by atomic mass is 32.1. The van der Waals surface area contributed by atoms with Crippen LogP contribution in [0.4, 0.5) is 4.79 Å². The van der Waals surface area contributed by atoms with Gasteiger partial charge in [0.15, 0.2) is 5.69 Å². The second-order valence-electron chi connectivity index (χ2n) is 4.87. The zero-order valence-corrected chi connectivity index (χ0v) is 11.7. The first-order valence-electron chi connectivity index (χ1n) is 6.17. The van der Waals surface area contributed by atoms with E-state index < -0.39 is 5.97 Å². The van der Waals surface area contributed by atoms with Gasteiger partial charge in [-0.2, -0.15) is 0 Å². The normalized spacial score (nSPS) is 15.9. The van der Waals surface area contributed by atoms with Gasteiger partial charge in [0.05, 0.1) is 6.04 Å². The Kier molecular flexibility index (Phi) is 4.04. The molecule has 6 nitrogen and oxygen atoms in total. The zero-order chi connectivity index (χ0) is 14.0. The molecule has 2 rings (SSSR count). The Hall–Kier alpha value is -1.63. The Morgan fingerprint density at radius 3 is 2.84 bits per heavy atom. The van der Waals surface area contributed by atoms with Crippen LogP contribution in [-0.2, 0) is 0 Å². The van der Waals surface area contributed by atoms with E-state index in [1.54, 1.807) is 18.9 Å². The van der Waals surface area contributed by atoms with Crippen molar-refractivity contribution in [3.8, 4) is 0 Å². The lowest BCUT2D eigenvalue weighted by Gasteiger charge is -2.20. The van der Waals surface area contributed by atoms with E-state index in [1.165, 1.54) is 29.6 Å². The first kappa shape index (κ1) is 13.8. The lowest BCUT2D eigenvalue weighted by Crippen LogP contribution is -2.39. The van der Waals surface area contributed by atoms with E-state index >= 15 is 0 Å². The Bertz CT molecular complexity index is 484. The highest BCUT2D eigenvalue weighted by molar-refractivity contribution is 7.09. The number of carboxylic acids is 1. The molecule has 0 saturated heterocycles. The van der Waals surface area contributed by atoms with Gasteiger partial charge >= 0.3 is 12.0 Å². The average Bonchev–Trinajstić information content (AvgIpc) is 3.01. The molecule has 2 amide bonds. The first-order chi connectivity index (χ1) is 8.97. The minimum Gasteiger partial charge on any atom is -0.476 e. The molecule has 104 valence electrons. The Labute approximate surface area is 115 Å². The van der Waals surface area contributed by atoms with Crippen LogP contribution in [-0.4, -0.2) is 40.6 Å².